The number of benzene rings is 6. The van der Waals surface area contributed by atoms with E-state index in [-0.39, 0.29) is 28.2 Å². The van der Waals surface area contributed by atoms with Crippen molar-refractivity contribution in [3.05, 3.63) is 163 Å². The van der Waals surface area contributed by atoms with E-state index in [0.717, 1.165) is 151 Å². The number of halogens is 3. The van der Waals surface area contributed by atoms with Crippen molar-refractivity contribution >= 4 is 84.2 Å². The van der Waals surface area contributed by atoms with Crippen LogP contribution in [-0.2, 0) is 27.2 Å². The summed E-state index contributed by atoms with van der Waals surface area (Å²) in [7, 11) is 2.91. The van der Waals surface area contributed by atoms with Crippen molar-refractivity contribution in [2.45, 2.75) is 58.0 Å². The van der Waals surface area contributed by atoms with Gasteiger partial charge in [-0.25, -0.2) is 19.0 Å². The van der Waals surface area contributed by atoms with Crippen LogP contribution in [0.5, 0.6) is 17.2 Å². The highest BCUT2D eigenvalue weighted by Crippen LogP contribution is 2.32. The van der Waals surface area contributed by atoms with Crippen molar-refractivity contribution in [3.63, 3.8) is 0 Å². The Kier molecular flexibility index (Phi) is 25.0. The second-order valence-electron chi connectivity index (χ2n) is 19.3. The molecule has 6 N–H and O–H groups in total. The van der Waals surface area contributed by atoms with E-state index in [1.165, 1.54) is 52.8 Å². The number of nitrogens with one attached hydrogen (secondary N) is 1. The third-order valence-electron chi connectivity index (χ3n) is 13.7. The summed E-state index contributed by atoms with van der Waals surface area (Å²) in [6.45, 7) is 9.93. The van der Waals surface area contributed by atoms with E-state index in [1.54, 1.807) is 24.3 Å². The average Bonchev–Trinajstić information content (AvgIpc) is 3.49. The first-order valence-corrected chi connectivity index (χ1v) is 28.6. The average molecular weight is 1160 g/mol. The van der Waals surface area contributed by atoms with Crippen LogP contribution in [0.3, 0.4) is 0 Å². The second-order valence-corrected chi connectivity index (χ2v) is 20.5. The zero-order valence-electron chi connectivity index (χ0n) is 45.6. The lowest BCUT2D eigenvalue weighted by molar-refractivity contribution is 0.250. The number of nitrogen functional groups attached to an aromatic ring is 1. The van der Waals surface area contributed by atoms with E-state index >= 15 is 0 Å². The quantitative estimate of drug-likeness (QED) is 0.0372. The SMILES string of the molecule is ClCCCCCCl.Cn1c(=O)cnn(CCCCCl)c1=O.Cn1c(=O)cnn(CCCCN2CCN(c3cccc4ccc(O)cc34)CC2)c1=O.Nc1cccc2ccc(O)cc12.Oc1ccc2cccc(N3CCNCC3)c2c1. The van der Waals surface area contributed by atoms with E-state index < -0.39 is 0 Å². The molecule has 4 heterocycles. The van der Waals surface area contributed by atoms with Crippen LogP contribution in [0.15, 0.2) is 141 Å². The number of fused-ring (bicyclic) bond motifs is 3. The Morgan fingerprint density at radius 3 is 1.36 bits per heavy atom. The van der Waals surface area contributed by atoms with Crippen molar-refractivity contribution in [1.29, 1.82) is 0 Å². The minimum Gasteiger partial charge on any atom is -0.508 e. The van der Waals surface area contributed by atoms with E-state index in [0.29, 0.717) is 36.2 Å². The van der Waals surface area contributed by atoms with Gasteiger partial charge in [0, 0.05) is 130 Å². The van der Waals surface area contributed by atoms with Gasteiger partial charge in [0.05, 0.1) is 0 Å². The van der Waals surface area contributed by atoms with E-state index in [1.807, 2.05) is 48.5 Å². The zero-order chi connectivity index (χ0) is 57.4. The number of phenols is 3. The first-order valence-electron chi connectivity index (χ1n) is 27.0. The number of aryl methyl sites for hydroxylation is 2. The van der Waals surface area contributed by atoms with Crippen LogP contribution in [0.2, 0.25) is 0 Å². The fourth-order valence-electron chi connectivity index (χ4n) is 9.11. The molecule has 0 unspecified atom stereocenters. The molecule has 0 atom stereocenters. The minimum atomic E-state index is -0.386. The lowest BCUT2D eigenvalue weighted by Crippen LogP contribution is -2.46. The first kappa shape index (κ1) is 62.1. The Labute approximate surface area is 480 Å². The van der Waals surface area contributed by atoms with Crippen LogP contribution in [0.4, 0.5) is 17.1 Å². The molecule has 8 aromatic rings. The molecule has 2 saturated heterocycles. The summed E-state index contributed by atoms with van der Waals surface area (Å²) in [5.74, 6) is 3.00. The molecule has 2 fully saturated rings. The molecule has 2 aliphatic rings. The summed E-state index contributed by atoms with van der Waals surface area (Å²) in [5.41, 5.74) is 7.29. The maximum atomic E-state index is 12.0. The largest absolute Gasteiger partial charge is 0.508 e. The normalized spacial score (nSPS) is 13.3. The van der Waals surface area contributed by atoms with Crippen molar-refractivity contribution in [3.8, 4) is 17.2 Å². The Balaban J connectivity index is 0.000000176. The number of rotatable bonds is 15. The summed E-state index contributed by atoms with van der Waals surface area (Å²) in [6.07, 6.45) is 9.14. The monoisotopic (exact) mass is 1150 g/mol. The molecule has 6 aromatic carbocycles. The molecule has 10 rings (SSSR count). The molecule has 80 heavy (non-hydrogen) atoms. The smallest absolute Gasteiger partial charge is 0.347 e. The van der Waals surface area contributed by atoms with Gasteiger partial charge in [0.25, 0.3) is 11.1 Å². The van der Waals surface area contributed by atoms with E-state index in [4.69, 9.17) is 40.5 Å². The lowest BCUT2D eigenvalue weighted by Gasteiger charge is -2.36. The van der Waals surface area contributed by atoms with Crippen molar-refractivity contribution in [2.75, 3.05) is 92.1 Å². The number of unbranched alkanes of at least 4 members (excludes halogenated alkanes) is 4. The van der Waals surface area contributed by atoms with E-state index in [2.05, 4.69) is 66.6 Å². The second kappa shape index (κ2) is 32.2. The molecule has 21 heteroatoms. The molecule has 0 saturated carbocycles. The third kappa shape index (κ3) is 18.2. The summed E-state index contributed by atoms with van der Waals surface area (Å²) in [5, 5.41) is 46.2. The van der Waals surface area contributed by atoms with E-state index in [9.17, 15) is 34.5 Å². The summed E-state index contributed by atoms with van der Waals surface area (Å²) in [4.78, 5) is 53.0. The van der Waals surface area contributed by atoms with Gasteiger partial charge in [0.2, 0.25) is 0 Å². The molecule has 0 aliphatic carbocycles. The maximum Gasteiger partial charge on any atom is 0.347 e. The Morgan fingerprint density at radius 2 is 0.887 bits per heavy atom. The van der Waals surface area contributed by atoms with Crippen LogP contribution >= 0.6 is 34.8 Å². The Morgan fingerprint density at radius 1 is 0.487 bits per heavy atom. The van der Waals surface area contributed by atoms with Gasteiger partial charge in [-0.3, -0.25) is 23.6 Å². The highest BCUT2D eigenvalue weighted by atomic mass is 35.5. The number of alkyl halides is 3. The van der Waals surface area contributed by atoms with Crippen molar-refractivity contribution < 1.29 is 15.3 Å². The minimum absolute atomic E-state index is 0.250. The summed E-state index contributed by atoms with van der Waals surface area (Å²) < 4.78 is 4.75. The van der Waals surface area contributed by atoms with Crippen LogP contribution in [0.1, 0.15) is 44.9 Å². The fraction of sp³-hybridized carbons (Fsp3) is 0.390. The third-order valence-corrected chi connectivity index (χ3v) is 14.5. The van der Waals surface area contributed by atoms with Gasteiger partial charge in [-0.15, -0.1) is 34.8 Å². The molecular formula is C59H74Cl3N11O7. The number of hydrogen-bond donors (Lipinski definition) is 5. The Bertz CT molecular complexity index is 3460. The van der Waals surface area contributed by atoms with Crippen molar-refractivity contribution in [1.82, 2.24) is 38.9 Å². The molecule has 2 aliphatic heterocycles. The van der Waals surface area contributed by atoms with Crippen LogP contribution in [0.25, 0.3) is 32.3 Å². The number of aromatic nitrogens is 6. The van der Waals surface area contributed by atoms with Gasteiger partial charge < -0.3 is 36.2 Å². The van der Waals surface area contributed by atoms with Crippen LogP contribution in [0, 0.1) is 0 Å². The number of nitrogens with two attached hydrogens (primary N) is 1. The van der Waals surface area contributed by atoms with Gasteiger partial charge in [-0.1, -0.05) is 61.0 Å². The first-order chi connectivity index (χ1) is 38.7. The lowest BCUT2D eigenvalue weighted by atomic mass is 10.1. The summed E-state index contributed by atoms with van der Waals surface area (Å²) >= 11 is 16.3. The number of anilines is 3. The number of aromatic hydroxyl groups is 3. The topological polar surface area (TPSA) is 222 Å². The van der Waals surface area contributed by atoms with Crippen LogP contribution in [-0.4, -0.2) is 125 Å². The highest BCUT2D eigenvalue weighted by Gasteiger charge is 2.19. The van der Waals surface area contributed by atoms with Gasteiger partial charge in [-0.2, -0.15) is 10.2 Å². The fourth-order valence-corrected chi connectivity index (χ4v) is 9.68. The van der Waals surface area contributed by atoms with Gasteiger partial charge >= 0.3 is 11.4 Å². The van der Waals surface area contributed by atoms with Gasteiger partial charge in [0.1, 0.15) is 29.6 Å². The number of nitrogens with zero attached hydrogens (tertiary/aromatic N) is 9. The molecule has 0 amide bonds. The number of hydrogen-bond acceptors (Lipinski definition) is 14. The van der Waals surface area contributed by atoms with Gasteiger partial charge in [0.15, 0.2) is 0 Å². The molecule has 428 valence electrons. The predicted molar refractivity (Wildman–Crippen MR) is 327 cm³/mol. The van der Waals surface area contributed by atoms with Crippen molar-refractivity contribution in [2.24, 2.45) is 14.1 Å². The Hall–Kier alpha value is -7.09. The molecule has 0 radical (unpaired) electrons. The predicted octanol–water partition coefficient (Wildman–Crippen LogP) is 8.08. The molecule has 0 spiro atoms. The van der Waals surface area contributed by atoms with Crippen LogP contribution < -0.4 is 43.3 Å². The molecule has 18 nitrogen and oxygen atoms in total. The highest BCUT2D eigenvalue weighted by molar-refractivity contribution is 6.18. The molecular weight excluding hydrogens is 1080 g/mol. The molecule has 0 bridgehead atoms. The number of phenolic OH excluding ortho intramolecular Hbond substituents is 3. The maximum absolute atomic E-state index is 12.0. The standard InChI is InChI=1S/C22H27N5O3.C14H16N2O.C10H9NO.C8H12ClN3O2.C5H10Cl2/c1-24-21(29)16-23-27(22(24)30)10-3-2-9-25-11-13-26(14-12-25)20-6-4-5-17-7-8-18(28)15-19(17)20;17-12-5-4-11-2-1-3-14(13(11)10-12)16-8-6-15-7-9-16;11-10-3-1-2-7-4-5-8(12)6-9(7)10;1-11-7(13)6-10-12(8(11)14)5-3-2-4-9;6-4-2-1-3-5-7/h4-8,15-16,28H,2-3,9-14H2,1H3;1-5,10,15,17H,6-9H2;1-6,12H,11H2;6H,2-5H2,1H3;1-5H2. The van der Waals surface area contributed by atoms with Gasteiger partial charge in [-0.05, 0) is 116 Å². The number of piperazine rings is 2. The molecule has 2 aromatic heterocycles. The zero-order valence-corrected chi connectivity index (χ0v) is 47.9. The summed E-state index contributed by atoms with van der Waals surface area (Å²) in [6, 6.07) is 34.5.